The van der Waals surface area contributed by atoms with Crippen LogP contribution in [0.3, 0.4) is 0 Å². The number of ether oxygens (including phenoxy) is 2. The number of amides is 2. The smallest absolute Gasteiger partial charge is 0.293 e. The molecule has 1 fully saturated rings. The van der Waals surface area contributed by atoms with Gasteiger partial charge < -0.3 is 14.0 Å². The molecule has 1 saturated heterocycles. The molecular formula is C28H23FN2O4S. The molecule has 8 heteroatoms. The van der Waals surface area contributed by atoms with Gasteiger partial charge >= 0.3 is 0 Å². The van der Waals surface area contributed by atoms with Gasteiger partial charge in [-0.1, -0.05) is 48.5 Å². The Balaban J connectivity index is 1.37. The van der Waals surface area contributed by atoms with Crippen LogP contribution in [0.4, 0.5) is 9.18 Å². The van der Waals surface area contributed by atoms with E-state index >= 15 is 0 Å². The highest BCUT2D eigenvalue weighted by Gasteiger charge is 2.35. The number of nitrogens with zero attached hydrogens (tertiary/aromatic N) is 2. The lowest BCUT2D eigenvalue weighted by molar-refractivity contribution is -0.123. The SMILES string of the molecule is COc1ccccc1OCCn1cc(/C=C2\SC(=O)N(Cc3ccccc3F)C2=O)c2ccccc21. The average molecular weight is 503 g/mol. The van der Waals surface area contributed by atoms with E-state index in [0.29, 0.717) is 35.1 Å². The van der Waals surface area contributed by atoms with Crippen LogP contribution >= 0.6 is 11.8 Å². The van der Waals surface area contributed by atoms with Crippen molar-refractivity contribution in [2.24, 2.45) is 0 Å². The second-order valence-corrected chi connectivity index (χ2v) is 9.15. The number of methoxy groups -OCH3 is 1. The molecule has 0 N–H and O–H groups in total. The van der Waals surface area contributed by atoms with Gasteiger partial charge in [-0.3, -0.25) is 14.5 Å². The molecule has 0 atom stereocenters. The number of thioether (sulfide) groups is 1. The third-order valence-electron chi connectivity index (χ3n) is 5.92. The lowest BCUT2D eigenvalue weighted by Gasteiger charge is -2.12. The number of carbonyl (C=O) groups excluding carboxylic acids is 2. The normalized spacial score (nSPS) is 14.7. The zero-order valence-corrected chi connectivity index (χ0v) is 20.3. The molecule has 0 bridgehead atoms. The summed E-state index contributed by atoms with van der Waals surface area (Å²) >= 11 is 0.867. The summed E-state index contributed by atoms with van der Waals surface area (Å²) in [5.74, 6) is 0.463. The summed E-state index contributed by atoms with van der Waals surface area (Å²) in [5, 5.41) is 0.541. The molecule has 0 spiro atoms. The minimum atomic E-state index is -0.445. The first-order chi connectivity index (χ1) is 17.5. The van der Waals surface area contributed by atoms with Gasteiger partial charge in [0.1, 0.15) is 12.4 Å². The molecule has 36 heavy (non-hydrogen) atoms. The minimum Gasteiger partial charge on any atom is -0.493 e. The number of hydrogen-bond acceptors (Lipinski definition) is 5. The summed E-state index contributed by atoms with van der Waals surface area (Å²) in [4.78, 5) is 27.0. The van der Waals surface area contributed by atoms with E-state index < -0.39 is 17.0 Å². The Hall–Kier alpha value is -4.04. The standard InChI is InChI=1S/C28H23FN2O4S/c1-34-24-12-6-7-13-25(24)35-15-14-30-17-20(21-9-3-5-11-23(21)30)16-26-27(32)31(28(33)36-26)18-19-8-2-4-10-22(19)29/h2-13,16-17H,14-15,18H2,1H3/b26-16-. The molecule has 4 aromatic rings. The molecule has 0 unspecified atom stereocenters. The van der Waals surface area contributed by atoms with Gasteiger partial charge in [-0.15, -0.1) is 0 Å². The van der Waals surface area contributed by atoms with Crippen LogP contribution in [0.1, 0.15) is 11.1 Å². The molecule has 1 aliphatic heterocycles. The van der Waals surface area contributed by atoms with E-state index in [1.807, 2.05) is 54.7 Å². The number of rotatable bonds is 8. The van der Waals surface area contributed by atoms with Crippen molar-refractivity contribution >= 4 is 39.9 Å². The predicted octanol–water partition coefficient (Wildman–Crippen LogP) is 6.10. The number of carbonyl (C=O) groups is 2. The fourth-order valence-electron chi connectivity index (χ4n) is 4.14. The lowest BCUT2D eigenvalue weighted by Crippen LogP contribution is -2.27. The molecule has 0 saturated carbocycles. The second kappa shape index (κ2) is 10.3. The molecule has 0 aliphatic carbocycles. The van der Waals surface area contributed by atoms with Crippen molar-refractivity contribution in [2.75, 3.05) is 13.7 Å². The topological polar surface area (TPSA) is 60.8 Å². The van der Waals surface area contributed by atoms with Gasteiger partial charge in [0, 0.05) is 28.2 Å². The summed E-state index contributed by atoms with van der Waals surface area (Å²) in [5.41, 5.74) is 2.10. The molecule has 1 aliphatic rings. The zero-order valence-electron chi connectivity index (χ0n) is 19.5. The Kier molecular flexibility index (Phi) is 6.77. The highest BCUT2D eigenvalue weighted by atomic mass is 32.2. The average Bonchev–Trinajstić information content (AvgIpc) is 3.37. The van der Waals surface area contributed by atoms with Crippen molar-refractivity contribution in [3.8, 4) is 11.5 Å². The van der Waals surface area contributed by atoms with Crippen LogP contribution in [0.15, 0.2) is 83.9 Å². The Labute approximate surface area is 211 Å². The first-order valence-electron chi connectivity index (χ1n) is 11.4. The Morgan fingerprint density at radius 1 is 0.944 bits per heavy atom. The van der Waals surface area contributed by atoms with Crippen molar-refractivity contribution in [1.82, 2.24) is 9.47 Å². The van der Waals surface area contributed by atoms with Gasteiger partial charge in [0.05, 0.1) is 25.1 Å². The molecule has 2 heterocycles. The second-order valence-electron chi connectivity index (χ2n) is 8.15. The van der Waals surface area contributed by atoms with Crippen LogP contribution in [0.25, 0.3) is 17.0 Å². The zero-order chi connectivity index (χ0) is 25.1. The maximum atomic E-state index is 14.1. The fraction of sp³-hybridized carbons (Fsp3) is 0.143. The Bertz CT molecular complexity index is 1480. The van der Waals surface area contributed by atoms with Crippen LogP contribution in [-0.4, -0.2) is 34.3 Å². The number of hydrogen-bond donors (Lipinski definition) is 0. The Morgan fingerprint density at radius 2 is 1.67 bits per heavy atom. The Morgan fingerprint density at radius 3 is 2.47 bits per heavy atom. The van der Waals surface area contributed by atoms with E-state index in [-0.39, 0.29) is 6.54 Å². The van der Waals surface area contributed by atoms with Crippen molar-refractivity contribution in [3.05, 3.63) is 101 Å². The van der Waals surface area contributed by atoms with Gasteiger partial charge in [-0.05, 0) is 42.1 Å². The van der Waals surface area contributed by atoms with Gasteiger partial charge in [-0.25, -0.2) is 4.39 Å². The summed E-state index contributed by atoms with van der Waals surface area (Å²) in [6, 6.07) is 21.5. The van der Waals surface area contributed by atoms with Crippen molar-refractivity contribution in [1.29, 1.82) is 0 Å². The van der Waals surface area contributed by atoms with E-state index in [9.17, 15) is 14.0 Å². The van der Waals surface area contributed by atoms with E-state index in [2.05, 4.69) is 4.57 Å². The predicted molar refractivity (Wildman–Crippen MR) is 138 cm³/mol. The minimum absolute atomic E-state index is 0.100. The summed E-state index contributed by atoms with van der Waals surface area (Å²) < 4.78 is 27.4. The van der Waals surface area contributed by atoms with E-state index in [4.69, 9.17) is 9.47 Å². The first-order valence-corrected chi connectivity index (χ1v) is 12.2. The van der Waals surface area contributed by atoms with Crippen LogP contribution in [-0.2, 0) is 17.9 Å². The maximum Gasteiger partial charge on any atom is 0.293 e. The van der Waals surface area contributed by atoms with E-state index in [1.54, 1.807) is 31.4 Å². The maximum absolute atomic E-state index is 14.1. The van der Waals surface area contributed by atoms with Gasteiger partial charge in [0.15, 0.2) is 11.5 Å². The summed E-state index contributed by atoms with van der Waals surface area (Å²) in [6.45, 7) is 0.884. The molecule has 182 valence electrons. The molecule has 2 amide bonds. The molecule has 5 rings (SSSR count). The molecular weight excluding hydrogens is 479 g/mol. The summed E-state index contributed by atoms with van der Waals surface area (Å²) in [6.07, 6.45) is 3.67. The third-order valence-corrected chi connectivity index (χ3v) is 6.83. The van der Waals surface area contributed by atoms with Crippen LogP contribution in [0.2, 0.25) is 0 Å². The van der Waals surface area contributed by atoms with Crippen molar-refractivity contribution < 1.29 is 23.5 Å². The van der Waals surface area contributed by atoms with E-state index in [1.165, 1.54) is 6.07 Å². The highest BCUT2D eigenvalue weighted by molar-refractivity contribution is 8.18. The number of aromatic nitrogens is 1. The lowest BCUT2D eigenvalue weighted by atomic mass is 10.1. The molecule has 1 aromatic heterocycles. The molecule has 0 radical (unpaired) electrons. The number of fused-ring (bicyclic) bond motifs is 1. The van der Waals surface area contributed by atoms with Crippen molar-refractivity contribution in [3.63, 3.8) is 0 Å². The van der Waals surface area contributed by atoms with Gasteiger partial charge in [0.25, 0.3) is 11.1 Å². The van der Waals surface area contributed by atoms with Gasteiger partial charge in [0.2, 0.25) is 0 Å². The summed E-state index contributed by atoms with van der Waals surface area (Å²) in [7, 11) is 1.60. The fourth-order valence-corrected chi connectivity index (χ4v) is 4.97. The number of benzene rings is 3. The highest BCUT2D eigenvalue weighted by Crippen LogP contribution is 2.35. The van der Waals surface area contributed by atoms with Gasteiger partial charge in [-0.2, -0.15) is 0 Å². The van der Waals surface area contributed by atoms with Crippen LogP contribution in [0.5, 0.6) is 11.5 Å². The first kappa shape index (κ1) is 23.7. The van der Waals surface area contributed by atoms with Crippen LogP contribution in [0, 0.1) is 5.82 Å². The number of para-hydroxylation sites is 3. The molecule has 3 aromatic carbocycles. The van der Waals surface area contributed by atoms with Crippen molar-refractivity contribution in [2.45, 2.75) is 13.1 Å². The quantitative estimate of drug-likeness (QED) is 0.272. The number of halogens is 1. The molecule has 6 nitrogen and oxygen atoms in total. The largest absolute Gasteiger partial charge is 0.493 e. The van der Waals surface area contributed by atoms with E-state index in [0.717, 1.165) is 33.1 Å². The number of imide groups is 1. The monoisotopic (exact) mass is 502 g/mol. The van der Waals surface area contributed by atoms with Crippen LogP contribution < -0.4 is 9.47 Å². The third kappa shape index (κ3) is 4.72.